The normalized spacial score (nSPS) is 12.0. The van der Waals surface area contributed by atoms with Crippen molar-refractivity contribution in [3.8, 4) is 22.8 Å². The van der Waals surface area contributed by atoms with Crippen molar-refractivity contribution in [2.24, 2.45) is 0 Å². The van der Waals surface area contributed by atoms with Crippen molar-refractivity contribution in [2.45, 2.75) is 12.4 Å². The van der Waals surface area contributed by atoms with Gasteiger partial charge in [-0.25, -0.2) is 9.50 Å². The number of ether oxygens (including phenoxy) is 2. The van der Waals surface area contributed by atoms with Crippen LogP contribution >= 0.6 is 0 Å². The van der Waals surface area contributed by atoms with E-state index in [2.05, 4.69) is 15.4 Å². The van der Waals surface area contributed by atoms with Gasteiger partial charge in [0.05, 0.1) is 31.7 Å². The Morgan fingerprint density at radius 2 is 1.56 bits per heavy atom. The molecule has 0 atom stereocenters. The molecule has 0 unspecified atom stereocenters. The molecule has 0 spiro atoms. The molecule has 0 aliphatic carbocycles. The number of fused-ring (bicyclic) bond motifs is 1. The molecule has 0 saturated heterocycles. The van der Waals surface area contributed by atoms with Crippen LogP contribution in [0.25, 0.3) is 16.9 Å². The smallest absolute Gasteiger partial charge is 0.433 e. The molecule has 0 fully saturated rings. The number of methoxy groups -OCH3 is 2. The summed E-state index contributed by atoms with van der Waals surface area (Å²) in [6, 6.07) is 8.74. The molecule has 1 N–H and O–H groups in total. The van der Waals surface area contributed by atoms with Gasteiger partial charge in [0.2, 0.25) is 0 Å². The lowest BCUT2D eigenvalue weighted by Gasteiger charge is -2.13. The molecule has 7 nitrogen and oxygen atoms in total. The maximum absolute atomic E-state index is 13.8. The Morgan fingerprint density at radius 1 is 0.889 bits per heavy atom. The average molecular weight is 510 g/mol. The standard InChI is InChI=1S/C23H16F6N4O3/c1-35-17-8-3-12(9-18(17)36-2)16-10-19(23(27,28)29)33-20(32-16)15(11-30-33)21(34)31-14-6-4-13(5-7-14)22(24,25)26/h3-11H,1-2H3,(H,31,34). The summed E-state index contributed by atoms with van der Waals surface area (Å²) in [5, 5.41) is 6.02. The predicted molar refractivity (Wildman–Crippen MR) is 116 cm³/mol. The number of amides is 1. The Labute approximate surface area is 199 Å². The summed E-state index contributed by atoms with van der Waals surface area (Å²) in [6.07, 6.45) is -8.52. The Hall–Kier alpha value is -4.29. The van der Waals surface area contributed by atoms with Gasteiger partial charge >= 0.3 is 12.4 Å². The minimum absolute atomic E-state index is 0.000518. The van der Waals surface area contributed by atoms with Gasteiger partial charge in [0, 0.05) is 11.3 Å². The van der Waals surface area contributed by atoms with Crippen LogP contribution in [0.3, 0.4) is 0 Å². The van der Waals surface area contributed by atoms with E-state index < -0.39 is 35.2 Å². The first-order valence-corrected chi connectivity index (χ1v) is 10.1. The summed E-state index contributed by atoms with van der Waals surface area (Å²) >= 11 is 0. The fourth-order valence-electron chi connectivity index (χ4n) is 3.41. The first kappa shape index (κ1) is 24.8. The number of benzene rings is 2. The quantitative estimate of drug-likeness (QED) is 0.349. The number of halogens is 6. The van der Waals surface area contributed by atoms with E-state index in [1.165, 1.54) is 32.4 Å². The fraction of sp³-hybridized carbons (Fsp3) is 0.174. The second-order valence-electron chi connectivity index (χ2n) is 7.42. The van der Waals surface area contributed by atoms with E-state index in [-0.39, 0.29) is 28.3 Å². The van der Waals surface area contributed by atoms with Crippen LogP contribution in [0.1, 0.15) is 21.6 Å². The van der Waals surface area contributed by atoms with Crippen molar-refractivity contribution in [3.05, 3.63) is 71.5 Å². The van der Waals surface area contributed by atoms with Gasteiger partial charge in [-0.05, 0) is 48.5 Å². The first-order chi connectivity index (χ1) is 16.9. The lowest BCUT2D eigenvalue weighted by atomic mass is 10.1. The molecule has 2 aromatic heterocycles. The van der Waals surface area contributed by atoms with Gasteiger partial charge in [0.25, 0.3) is 5.91 Å². The van der Waals surface area contributed by atoms with Crippen LogP contribution in [0.2, 0.25) is 0 Å². The first-order valence-electron chi connectivity index (χ1n) is 10.1. The molecule has 0 bridgehead atoms. The Bertz CT molecular complexity index is 1430. The summed E-state index contributed by atoms with van der Waals surface area (Å²) in [6.45, 7) is 0. The lowest BCUT2D eigenvalue weighted by molar-refractivity contribution is -0.142. The minimum Gasteiger partial charge on any atom is -0.493 e. The number of aromatic nitrogens is 3. The number of carbonyl (C=O) groups excluding carboxylic acids is 1. The van der Waals surface area contributed by atoms with E-state index in [0.717, 1.165) is 36.5 Å². The third kappa shape index (κ3) is 4.76. The SMILES string of the molecule is COc1ccc(-c2cc(C(F)(F)F)n3ncc(C(=O)Nc4ccc(C(F)(F)F)cc4)c3n2)cc1OC. The Balaban J connectivity index is 1.78. The van der Waals surface area contributed by atoms with Gasteiger partial charge < -0.3 is 14.8 Å². The molecule has 36 heavy (non-hydrogen) atoms. The fourth-order valence-corrected chi connectivity index (χ4v) is 3.41. The van der Waals surface area contributed by atoms with E-state index in [0.29, 0.717) is 10.3 Å². The number of anilines is 1. The molecule has 0 aliphatic heterocycles. The lowest BCUT2D eigenvalue weighted by Crippen LogP contribution is -2.16. The molecule has 2 aromatic carbocycles. The summed E-state index contributed by atoms with van der Waals surface area (Å²) in [7, 11) is 2.76. The van der Waals surface area contributed by atoms with Crippen molar-refractivity contribution < 1.29 is 40.6 Å². The van der Waals surface area contributed by atoms with E-state index in [9.17, 15) is 31.1 Å². The highest BCUT2D eigenvalue weighted by molar-refractivity contribution is 6.08. The van der Waals surface area contributed by atoms with E-state index in [1.807, 2.05) is 0 Å². The monoisotopic (exact) mass is 510 g/mol. The number of carbonyl (C=O) groups is 1. The molecule has 0 saturated carbocycles. The van der Waals surface area contributed by atoms with Crippen LogP contribution in [0.4, 0.5) is 32.0 Å². The highest BCUT2D eigenvalue weighted by Crippen LogP contribution is 2.36. The zero-order chi connectivity index (χ0) is 26.3. The van der Waals surface area contributed by atoms with Crippen molar-refractivity contribution in [1.29, 1.82) is 0 Å². The third-order valence-electron chi connectivity index (χ3n) is 5.16. The zero-order valence-electron chi connectivity index (χ0n) is 18.5. The van der Waals surface area contributed by atoms with E-state index in [1.54, 1.807) is 0 Å². The number of nitrogens with one attached hydrogen (secondary N) is 1. The summed E-state index contributed by atoms with van der Waals surface area (Å²) in [5.41, 5.74) is -2.71. The van der Waals surface area contributed by atoms with Crippen LogP contribution in [0, 0.1) is 0 Å². The molecule has 4 aromatic rings. The van der Waals surface area contributed by atoms with Gasteiger partial charge in [-0.1, -0.05) is 0 Å². The highest BCUT2D eigenvalue weighted by atomic mass is 19.4. The number of nitrogens with zero attached hydrogens (tertiary/aromatic N) is 3. The van der Waals surface area contributed by atoms with E-state index in [4.69, 9.17) is 9.47 Å². The van der Waals surface area contributed by atoms with Crippen LogP contribution in [0.5, 0.6) is 11.5 Å². The van der Waals surface area contributed by atoms with Crippen molar-refractivity contribution >= 4 is 17.2 Å². The molecule has 1 amide bonds. The number of hydrogen-bond acceptors (Lipinski definition) is 5. The zero-order valence-corrected chi connectivity index (χ0v) is 18.5. The van der Waals surface area contributed by atoms with Gasteiger partial charge in [0.15, 0.2) is 22.8 Å². The van der Waals surface area contributed by atoms with Gasteiger partial charge in [0.1, 0.15) is 5.56 Å². The van der Waals surface area contributed by atoms with Gasteiger partial charge in [-0.15, -0.1) is 0 Å². The second kappa shape index (κ2) is 9.06. The number of alkyl halides is 6. The largest absolute Gasteiger partial charge is 0.493 e. The molecule has 0 aliphatic rings. The highest BCUT2D eigenvalue weighted by Gasteiger charge is 2.36. The molecular formula is C23H16F6N4O3. The molecule has 4 rings (SSSR count). The maximum atomic E-state index is 13.8. The topological polar surface area (TPSA) is 77.8 Å². The van der Waals surface area contributed by atoms with E-state index >= 15 is 0 Å². The van der Waals surface area contributed by atoms with Crippen LogP contribution in [-0.2, 0) is 12.4 Å². The van der Waals surface area contributed by atoms with Crippen molar-refractivity contribution in [1.82, 2.24) is 14.6 Å². The Kier molecular flexibility index (Phi) is 6.24. The minimum atomic E-state index is -4.85. The molecule has 2 heterocycles. The van der Waals surface area contributed by atoms with Gasteiger partial charge in [-0.3, -0.25) is 4.79 Å². The van der Waals surface area contributed by atoms with Crippen LogP contribution < -0.4 is 14.8 Å². The van der Waals surface area contributed by atoms with Crippen LogP contribution in [-0.4, -0.2) is 34.7 Å². The molecular weight excluding hydrogens is 494 g/mol. The molecule has 13 heteroatoms. The maximum Gasteiger partial charge on any atom is 0.433 e. The molecule has 0 radical (unpaired) electrons. The third-order valence-corrected chi connectivity index (χ3v) is 5.16. The van der Waals surface area contributed by atoms with Gasteiger partial charge in [-0.2, -0.15) is 31.4 Å². The number of rotatable bonds is 5. The Morgan fingerprint density at radius 3 is 2.14 bits per heavy atom. The predicted octanol–water partition coefficient (Wildman–Crippen LogP) is 5.70. The second-order valence-corrected chi connectivity index (χ2v) is 7.42. The summed E-state index contributed by atoms with van der Waals surface area (Å²) < 4.78 is 90.7. The summed E-state index contributed by atoms with van der Waals surface area (Å²) in [4.78, 5) is 17.0. The molecule has 188 valence electrons. The van der Waals surface area contributed by atoms with Crippen LogP contribution in [0.15, 0.2) is 54.7 Å². The summed E-state index contributed by atoms with van der Waals surface area (Å²) in [5.74, 6) is -0.312. The number of hydrogen-bond donors (Lipinski definition) is 1. The average Bonchev–Trinajstić information content (AvgIpc) is 3.26. The van der Waals surface area contributed by atoms with Crippen molar-refractivity contribution in [2.75, 3.05) is 19.5 Å². The van der Waals surface area contributed by atoms with Crippen molar-refractivity contribution in [3.63, 3.8) is 0 Å².